The lowest BCUT2D eigenvalue weighted by Crippen LogP contribution is -2.28. The summed E-state index contributed by atoms with van der Waals surface area (Å²) in [5, 5.41) is 7.29. The fraction of sp³-hybridized carbons (Fsp3) is 0.429. The van der Waals surface area contributed by atoms with Crippen molar-refractivity contribution in [2.45, 2.75) is 6.92 Å². The number of nitrogens with zero attached hydrogens (tertiary/aromatic N) is 3. The van der Waals surface area contributed by atoms with Gasteiger partial charge in [-0.15, -0.1) is 5.10 Å². The van der Waals surface area contributed by atoms with Crippen molar-refractivity contribution < 1.29 is 8.42 Å². The molecule has 0 aromatic carbocycles. The first-order valence-electron chi connectivity index (χ1n) is 3.82. The highest BCUT2D eigenvalue weighted by atomic mass is 32.2. The van der Waals surface area contributed by atoms with Crippen molar-refractivity contribution in [2.75, 3.05) is 17.1 Å². The Hall–Kier alpha value is -1.17. The summed E-state index contributed by atoms with van der Waals surface area (Å²) < 4.78 is 23.8. The van der Waals surface area contributed by atoms with Gasteiger partial charge in [-0.3, -0.25) is 4.31 Å². The van der Waals surface area contributed by atoms with Crippen molar-refractivity contribution in [1.82, 2.24) is 10.2 Å². The van der Waals surface area contributed by atoms with Crippen LogP contribution in [0.25, 0.3) is 0 Å². The van der Waals surface area contributed by atoms with E-state index in [9.17, 15) is 8.42 Å². The van der Waals surface area contributed by atoms with E-state index in [0.717, 1.165) is 4.31 Å². The molecular formula is C7H11N3O2S. The molecule has 0 aliphatic carbocycles. The third-order valence-electron chi connectivity index (χ3n) is 1.66. The molecule has 0 spiro atoms. The van der Waals surface area contributed by atoms with Crippen LogP contribution in [-0.4, -0.2) is 31.4 Å². The molecule has 0 saturated heterocycles. The van der Waals surface area contributed by atoms with E-state index in [-0.39, 0.29) is 5.75 Å². The third kappa shape index (κ3) is 2.15. The number of anilines is 1. The van der Waals surface area contributed by atoms with Crippen LogP contribution in [0, 0.1) is 0 Å². The number of rotatable bonds is 3. The fourth-order valence-electron chi connectivity index (χ4n) is 0.798. The molecule has 5 nitrogen and oxygen atoms in total. The van der Waals surface area contributed by atoms with Crippen LogP contribution >= 0.6 is 0 Å². The summed E-state index contributed by atoms with van der Waals surface area (Å²) in [6.45, 7) is 1.59. The van der Waals surface area contributed by atoms with Gasteiger partial charge in [0.1, 0.15) is 0 Å². The van der Waals surface area contributed by atoms with Crippen LogP contribution in [0.3, 0.4) is 0 Å². The molecule has 1 aromatic heterocycles. The minimum Gasteiger partial charge on any atom is -0.255 e. The molecule has 1 rings (SSSR count). The maximum atomic E-state index is 11.4. The van der Waals surface area contributed by atoms with Gasteiger partial charge in [0.05, 0.1) is 5.75 Å². The largest absolute Gasteiger partial charge is 0.255 e. The Bertz CT molecular complexity index is 363. The average molecular weight is 201 g/mol. The SMILES string of the molecule is CCS(=O)(=O)N(C)c1cccnn1. The molecule has 0 bridgehead atoms. The van der Waals surface area contributed by atoms with E-state index in [1.807, 2.05) is 0 Å². The predicted molar refractivity (Wildman–Crippen MR) is 49.9 cm³/mol. The van der Waals surface area contributed by atoms with Gasteiger partial charge in [-0.1, -0.05) is 0 Å². The maximum Gasteiger partial charge on any atom is 0.235 e. The van der Waals surface area contributed by atoms with Gasteiger partial charge in [-0.2, -0.15) is 5.10 Å². The van der Waals surface area contributed by atoms with Crippen LogP contribution < -0.4 is 4.31 Å². The smallest absolute Gasteiger partial charge is 0.235 e. The molecule has 0 radical (unpaired) electrons. The molecule has 0 amide bonds. The Morgan fingerprint density at radius 1 is 1.54 bits per heavy atom. The van der Waals surface area contributed by atoms with E-state index in [2.05, 4.69) is 10.2 Å². The molecule has 0 N–H and O–H groups in total. The van der Waals surface area contributed by atoms with Crippen LogP contribution in [0.4, 0.5) is 5.82 Å². The normalized spacial score (nSPS) is 11.2. The van der Waals surface area contributed by atoms with Crippen molar-refractivity contribution in [3.8, 4) is 0 Å². The summed E-state index contributed by atoms with van der Waals surface area (Å²) in [4.78, 5) is 0. The second-order valence-electron chi connectivity index (χ2n) is 2.45. The Labute approximate surface area is 77.5 Å². The van der Waals surface area contributed by atoms with E-state index in [4.69, 9.17) is 0 Å². The molecule has 1 heterocycles. The van der Waals surface area contributed by atoms with Crippen LogP contribution in [0.2, 0.25) is 0 Å². The maximum absolute atomic E-state index is 11.4. The number of hydrogen-bond acceptors (Lipinski definition) is 4. The number of aromatic nitrogens is 2. The lowest BCUT2D eigenvalue weighted by Gasteiger charge is -2.15. The molecule has 72 valence electrons. The Morgan fingerprint density at radius 3 is 2.69 bits per heavy atom. The predicted octanol–water partition coefficient (Wildman–Crippen LogP) is 0.263. The topological polar surface area (TPSA) is 63.2 Å². The summed E-state index contributed by atoms with van der Waals surface area (Å²) in [7, 11) is -1.76. The molecule has 0 aliphatic rings. The van der Waals surface area contributed by atoms with Gasteiger partial charge in [0.25, 0.3) is 0 Å². The molecule has 0 atom stereocenters. The zero-order valence-electron chi connectivity index (χ0n) is 7.51. The minimum atomic E-state index is -3.22. The highest BCUT2D eigenvalue weighted by Gasteiger charge is 2.16. The molecule has 1 aromatic rings. The summed E-state index contributed by atoms with van der Waals surface area (Å²) in [5.41, 5.74) is 0. The molecule has 0 fully saturated rings. The molecule has 0 aliphatic heterocycles. The van der Waals surface area contributed by atoms with Crippen molar-refractivity contribution in [1.29, 1.82) is 0 Å². The highest BCUT2D eigenvalue weighted by molar-refractivity contribution is 7.92. The van der Waals surface area contributed by atoms with E-state index < -0.39 is 10.0 Å². The molecule has 13 heavy (non-hydrogen) atoms. The van der Waals surface area contributed by atoms with Crippen molar-refractivity contribution >= 4 is 15.8 Å². The lowest BCUT2D eigenvalue weighted by atomic mass is 10.5. The second kappa shape index (κ2) is 3.69. The second-order valence-corrected chi connectivity index (χ2v) is 4.74. The number of hydrogen-bond donors (Lipinski definition) is 0. The standard InChI is InChI=1S/C7H11N3O2S/c1-3-13(11,12)10(2)7-5-4-6-8-9-7/h4-6H,3H2,1-2H3. The van der Waals surface area contributed by atoms with Crippen molar-refractivity contribution in [3.63, 3.8) is 0 Å². The zero-order chi connectivity index (χ0) is 9.90. The monoisotopic (exact) mass is 201 g/mol. The molecule has 0 saturated carbocycles. The molecule has 0 unspecified atom stereocenters. The van der Waals surface area contributed by atoms with Gasteiger partial charge >= 0.3 is 0 Å². The van der Waals surface area contributed by atoms with Crippen molar-refractivity contribution in [2.24, 2.45) is 0 Å². The first-order valence-corrected chi connectivity index (χ1v) is 5.43. The zero-order valence-corrected chi connectivity index (χ0v) is 8.32. The van der Waals surface area contributed by atoms with Gasteiger partial charge in [-0.25, -0.2) is 8.42 Å². The van der Waals surface area contributed by atoms with E-state index in [0.29, 0.717) is 5.82 Å². The van der Waals surface area contributed by atoms with Gasteiger partial charge in [0, 0.05) is 13.2 Å². The fourth-order valence-corrected chi connectivity index (χ4v) is 1.57. The average Bonchev–Trinajstić information content (AvgIpc) is 2.18. The summed E-state index contributed by atoms with van der Waals surface area (Å²) >= 11 is 0. The first kappa shape index (κ1) is 9.91. The Morgan fingerprint density at radius 2 is 2.23 bits per heavy atom. The van der Waals surface area contributed by atoms with Gasteiger partial charge in [-0.05, 0) is 19.1 Å². The summed E-state index contributed by atoms with van der Waals surface area (Å²) in [5.74, 6) is 0.393. The van der Waals surface area contributed by atoms with Gasteiger partial charge in [0.15, 0.2) is 5.82 Å². The molecular weight excluding hydrogens is 190 g/mol. The van der Waals surface area contributed by atoms with E-state index >= 15 is 0 Å². The van der Waals surface area contributed by atoms with E-state index in [1.54, 1.807) is 19.1 Å². The number of sulfonamides is 1. The van der Waals surface area contributed by atoms with Crippen LogP contribution in [-0.2, 0) is 10.0 Å². The minimum absolute atomic E-state index is 0.0556. The van der Waals surface area contributed by atoms with E-state index in [1.165, 1.54) is 13.2 Å². The van der Waals surface area contributed by atoms with Gasteiger partial charge in [0.2, 0.25) is 10.0 Å². The lowest BCUT2D eigenvalue weighted by molar-refractivity contribution is 0.595. The van der Waals surface area contributed by atoms with Crippen LogP contribution in [0.15, 0.2) is 18.3 Å². The van der Waals surface area contributed by atoms with Gasteiger partial charge < -0.3 is 0 Å². The van der Waals surface area contributed by atoms with Crippen LogP contribution in [0.5, 0.6) is 0 Å². The summed E-state index contributed by atoms with van der Waals surface area (Å²) in [6.07, 6.45) is 1.50. The molecule has 6 heteroatoms. The summed E-state index contributed by atoms with van der Waals surface area (Å²) in [6, 6.07) is 3.24. The van der Waals surface area contributed by atoms with Crippen LogP contribution in [0.1, 0.15) is 6.92 Å². The third-order valence-corrected chi connectivity index (χ3v) is 3.41. The Balaban J connectivity index is 2.99. The Kier molecular flexibility index (Phi) is 2.82. The van der Waals surface area contributed by atoms with Crippen molar-refractivity contribution in [3.05, 3.63) is 18.3 Å². The highest BCUT2D eigenvalue weighted by Crippen LogP contribution is 2.10. The first-order chi connectivity index (χ1) is 6.08. The quantitative estimate of drug-likeness (QED) is 0.703.